The molecule has 4 aromatic rings. The highest BCUT2D eigenvalue weighted by Crippen LogP contribution is 2.29. The lowest BCUT2D eigenvalue weighted by atomic mass is 10.00. The van der Waals surface area contributed by atoms with Gasteiger partial charge in [-0.3, -0.25) is 9.20 Å². The van der Waals surface area contributed by atoms with E-state index < -0.39 is 0 Å². The van der Waals surface area contributed by atoms with Crippen molar-refractivity contribution in [3.05, 3.63) is 62.0 Å². The molecular weight excluding hydrogens is 392 g/mol. The van der Waals surface area contributed by atoms with Crippen molar-refractivity contribution in [1.82, 2.24) is 19.6 Å². The highest BCUT2D eigenvalue weighted by atomic mass is 32.2. The highest BCUT2D eigenvalue weighted by Gasteiger charge is 2.15. The SMILES string of the molecule is Cc1cc(C)c(-c2nnc(SCCc3c(C)nc4sccn4c3=O)o2)c(C)c1. The van der Waals surface area contributed by atoms with Gasteiger partial charge in [0.05, 0.1) is 0 Å². The lowest BCUT2D eigenvalue weighted by molar-refractivity contribution is 0.465. The molecule has 0 N–H and O–H groups in total. The maximum Gasteiger partial charge on any atom is 0.276 e. The Bertz CT molecular complexity index is 1200. The van der Waals surface area contributed by atoms with E-state index in [1.807, 2.05) is 12.3 Å². The van der Waals surface area contributed by atoms with Crippen LogP contribution in [0.4, 0.5) is 0 Å². The molecule has 8 heteroatoms. The maximum atomic E-state index is 12.6. The lowest BCUT2D eigenvalue weighted by Gasteiger charge is -2.07. The standard InChI is InChI=1S/C20H20N4O2S2/c1-11-9-12(2)16(13(3)10-11)17-22-23-20(26-17)28-7-5-15-14(4)21-19-24(18(15)25)6-8-27-19/h6,8-10H,5,7H2,1-4H3. The fourth-order valence-corrected chi connectivity index (χ4v) is 4.90. The molecule has 0 unspecified atom stereocenters. The molecule has 0 saturated carbocycles. The molecule has 1 aromatic carbocycles. The zero-order chi connectivity index (χ0) is 19.8. The average Bonchev–Trinajstić information content (AvgIpc) is 3.26. The molecule has 28 heavy (non-hydrogen) atoms. The minimum absolute atomic E-state index is 0.00136. The summed E-state index contributed by atoms with van der Waals surface area (Å²) in [6.07, 6.45) is 2.36. The summed E-state index contributed by atoms with van der Waals surface area (Å²) in [6, 6.07) is 4.23. The summed E-state index contributed by atoms with van der Waals surface area (Å²) in [6.45, 7) is 8.06. The molecule has 0 bridgehead atoms. The van der Waals surface area contributed by atoms with Crippen LogP contribution in [0.25, 0.3) is 16.4 Å². The smallest absolute Gasteiger partial charge is 0.276 e. The van der Waals surface area contributed by atoms with E-state index in [1.165, 1.54) is 28.7 Å². The molecule has 0 aliphatic carbocycles. The van der Waals surface area contributed by atoms with E-state index in [1.54, 1.807) is 10.6 Å². The molecule has 0 atom stereocenters. The lowest BCUT2D eigenvalue weighted by Crippen LogP contribution is -2.20. The Morgan fingerprint density at radius 1 is 1.14 bits per heavy atom. The largest absolute Gasteiger partial charge is 0.411 e. The van der Waals surface area contributed by atoms with Crippen LogP contribution in [0.2, 0.25) is 0 Å². The Labute approximate surface area is 170 Å². The Hall–Kier alpha value is -2.45. The quantitative estimate of drug-likeness (QED) is 0.453. The fraction of sp³-hybridized carbons (Fsp3) is 0.300. The summed E-state index contributed by atoms with van der Waals surface area (Å²) in [5.74, 6) is 1.21. The zero-order valence-corrected chi connectivity index (χ0v) is 17.8. The Morgan fingerprint density at radius 2 is 1.89 bits per heavy atom. The van der Waals surface area contributed by atoms with Gasteiger partial charge in [-0.1, -0.05) is 29.5 Å². The Kier molecular flexibility index (Phi) is 5.07. The van der Waals surface area contributed by atoms with Crippen LogP contribution in [0.5, 0.6) is 0 Å². The van der Waals surface area contributed by atoms with E-state index in [9.17, 15) is 4.79 Å². The molecule has 3 heterocycles. The van der Waals surface area contributed by atoms with Gasteiger partial charge in [-0.2, -0.15) is 0 Å². The number of thiazole rings is 1. The van der Waals surface area contributed by atoms with Crippen LogP contribution in [-0.2, 0) is 6.42 Å². The van der Waals surface area contributed by atoms with E-state index in [4.69, 9.17) is 4.42 Å². The molecule has 0 amide bonds. The summed E-state index contributed by atoms with van der Waals surface area (Å²) in [5.41, 5.74) is 5.96. The normalized spacial score (nSPS) is 11.4. The first-order valence-corrected chi connectivity index (χ1v) is 10.8. The second-order valence-corrected chi connectivity index (χ2v) is 8.70. The van der Waals surface area contributed by atoms with Gasteiger partial charge in [-0.15, -0.1) is 21.5 Å². The third-order valence-electron chi connectivity index (χ3n) is 4.64. The summed E-state index contributed by atoms with van der Waals surface area (Å²) in [7, 11) is 0. The van der Waals surface area contributed by atoms with E-state index in [2.05, 4.69) is 48.1 Å². The van der Waals surface area contributed by atoms with E-state index in [0.717, 1.165) is 32.9 Å². The van der Waals surface area contributed by atoms with Crippen LogP contribution < -0.4 is 5.56 Å². The van der Waals surface area contributed by atoms with Gasteiger partial charge >= 0.3 is 0 Å². The average molecular weight is 413 g/mol. The summed E-state index contributed by atoms with van der Waals surface area (Å²) in [5, 5.41) is 10.8. The van der Waals surface area contributed by atoms with Gasteiger partial charge in [0.2, 0.25) is 5.89 Å². The number of aromatic nitrogens is 4. The van der Waals surface area contributed by atoms with Crippen LogP contribution in [0.3, 0.4) is 0 Å². The molecule has 0 fully saturated rings. The van der Waals surface area contributed by atoms with Gasteiger partial charge < -0.3 is 4.42 Å². The second-order valence-electron chi connectivity index (χ2n) is 6.78. The molecule has 0 aliphatic rings. The monoisotopic (exact) mass is 412 g/mol. The predicted molar refractivity (Wildman–Crippen MR) is 112 cm³/mol. The van der Waals surface area contributed by atoms with E-state index in [-0.39, 0.29) is 5.56 Å². The second kappa shape index (κ2) is 7.52. The van der Waals surface area contributed by atoms with Crippen LogP contribution in [-0.4, -0.2) is 25.3 Å². The molecule has 0 spiro atoms. The number of hydrogen-bond donors (Lipinski definition) is 0. The Balaban J connectivity index is 1.50. The Morgan fingerprint density at radius 3 is 2.64 bits per heavy atom. The van der Waals surface area contributed by atoms with Crippen molar-refractivity contribution in [1.29, 1.82) is 0 Å². The van der Waals surface area contributed by atoms with Crippen LogP contribution >= 0.6 is 23.1 Å². The van der Waals surface area contributed by atoms with Gasteiger partial charge in [0.25, 0.3) is 10.8 Å². The predicted octanol–water partition coefficient (Wildman–Crippen LogP) is 4.37. The molecule has 0 saturated heterocycles. The number of hydrogen-bond acceptors (Lipinski definition) is 7. The molecular formula is C20H20N4O2S2. The van der Waals surface area contributed by atoms with Gasteiger partial charge in [-0.05, 0) is 45.2 Å². The maximum absolute atomic E-state index is 12.6. The summed E-state index contributed by atoms with van der Waals surface area (Å²) < 4.78 is 7.47. The van der Waals surface area contributed by atoms with Crippen molar-refractivity contribution in [2.75, 3.05) is 5.75 Å². The van der Waals surface area contributed by atoms with Crippen molar-refractivity contribution in [2.45, 2.75) is 39.3 Å². The zero-order valence-electron chi connectivity index (χ0n) is 16.1. The third kappa shape index (κ3) is 3.49. The first-order valence-electron chi connectivity index (χ1n) is 8.94. The van der Waals surface area contributed by atoms with Gasteiger partial charge in [-0.25, -0.2) is 4.98 Å². The summed E-state index contributed by atoms with van der Waals surface area (Å²) >= 11 is 2.92. The molecule has 0 radical (unpaired) electrons. The van der Waals surface area contributed by atoms with Crippen LogP contribution in [0.15, 0.2) is 38.1 Å². The first-order chi connectivity index (χ1) is 13.4. The van der Waals surface area contributed by atoms with E-state index in [0.29, 0.717) is 23.3 Å². The van der Waals surface area contributed by atoms with Crippen molar-refractivity contribution >= 4 is 28.1 Å². The third-order valence-corrected chi connectivity index (χ3v) is 6.22. The fourth-order valence-electron chi connectivity index (χ4n) is 3.43. The molecule has 4 rings (SSSR count). The van der Waals surface area contributed by atoms with Crippen molar-refractivity contribution < 1.29 is 4.42 Å². The number of benzene rings is 1. The number of aryl methyl sites for hydroxylation is 4. The molecule has 144 valence electrons. The van der Waals surface area contributed by atoms with E-state index >= 15 is 0 Å². The minimum atomic E-state index is 0.00136. The topological polar surface area (TPSA) is 73.3 Å². The summed E-state index contributed by atoms with van der Waals surface area (Å²) in [4.78, 5) is 17.9. The molecule has 0 aliphatic heterocycles. The highest BCUT2D eigenvalue weighted by molar-refractivity contribution is 7.99. The number of nitrogens with zero attached hydrogens (tertiary/aromatic N) is 4. The van der Waals surface area contributed by atoms with Gasteiger partial charge in [0, 0.05) is 34.2 Å². The molecule has 6 nitrogen and oxygen atoms in total. The van der Waals surface area contributed by atoms with Crippen molar-refractivity contribution in [2.24, 2.45) is 0 Å². The van der Waals surface area contributed by atoms with Crippen molar-refractivity contribution in [3.8, 4) is 11.5 Å². The number of thioether (sulfide) groups is 1. The molecule has 3 aromatic heterocycles. The van der Waals surface area contributed by atoms with Crippen molar-refractivity contribution in [3.63, 3.8) is 0 Å². The van der Waals surface area contributed by atoms with Gasteiger partial charge in [0.1, 0.15) is 0 Å². The number of fused-ring (bicyclic) bond motifs is 1. The number of rotatable bonds is 5. The van der Waals surface area contributed by atoms with Crippen LogP contribution in [0.1, 0.15) is 27.9 Å². The van der Waals surface area contributed by atoms with Crippen LogP contribution in [0, 0.1) is 27.7 Å². The van der Waals surface area contributed by atoms with Gasteiger partial charge in [0.15, 0.2) is 4.96 Å². The minimum Gasteiger partial charge on any atom is -0.411 e. The first kappa shape index (κ1) is 18.9.